The summed E-state index contributed by atoms with van der Waals surface area (Å²) in [7, 11) is 1.79. The van der Waals surface area contributed by atoms with E-state index < -0.39 is 0 Å². The fourth-order valence-corrected chi connectivity index (χ4v) is 3.61. The highest BCUT2D eigenvalue weighted by molar-refractivity contribution is 7.99. The molecule has 8 heteroatoms. The smallest absolute Gasteiger partial charge is 0.234 e. The molecule has 0 saturated heterocycles. The molecule has 0 saturated carbocycles. The first kappa shape index (κ1) is 21.6. The Morgan fingerprint density at radius 2 is 1.73 bits per heavy atom. The zero-order valence-electron chi connectivity index (χ0n) is 17.3. The van der Waals surface area contributed by atoms with Gasteiger partial charge in [-0.15, -0.1) is 10.2 Å². The van der Waals surface area contributed by atoms with Crippen LogP contribution in [0.25, 0.3) is 0 Å². The quantitative estimate of drug-likeness (QED) is 0.541. The number of amides is 2. The lowest BCUT2D eigenvalue weighted by Gasteiger charge is -2.09. The van der Waals surface area contributed by atoms with E-state index in [1.807, 2.05) is 62.4 Å². The molecule has 3 aromatic rings. The van der Waals surface area contributed by atoms with Gasteiger partial charge >= 0.3 is 0 Å². The largest absolute Gasteiger partial charge is 0.325 e. The monoisotopic (exact) mass is 423 g/mol. The highest BCUT2D eigenvalue weighted by Crippen LogP contribution is 2.18. The minimum Gasteiger partial charge on any atom is -0.325 e. The molecule has 30 heavy (non-hydrogen) atoms. The van der Waals surface area contributed by atoms with Crippen molar-refractivity contribution in [2.45, 2.75) is 31.8 Å². The standard InChI is InChI=1S/C22H25N5O2S/c1-4-16-7-5-6-8-18(16)24-20(28)13-19-25-26-22(27(19)3)30-14-21(29)23-17-11-9-15(2)10-12-17/h5-12H,4,13-14H2,1-3H3,(H,23,29)(H,24,28). The van der Waals surface area contributed by atoms with Crippen molar-refractivity contribution in [3.63, 3.8) is 0 Å². The van der Waals surface area contributed by atoms with E-state index in [9.17, 15) is 9.59 Å². The Balaban J connectivity index is 1.54. The van der Waals surface area contributed by atoms with Crippen molar-refractivity contribution in [1.82, 2.24) is 14.8 Å². The third-order valence-corrected chi connectivity index (χ3v) is 5.60. The van der Waals surface area contributed by atoms with Gasteiger partial charge in [-0.1, -0.05) is 54.6 Å². The second-order valence-electron chi connectivity index (χ2n) is 6.90. The number of thioether (sulfide) groups is 1. The summed E-state index contributed by atoms with van der Waals surface area (Å²) in [6.45, 7) is 4.04. The third kappa shape index (κ3) is 5.70. The van der Waals surface area contributed by atoms with Crippen molar-refractivity contribution in [1.29, 1.82) is 0 Å². The van der Waals surface area contributed by atoms with Crippen LogP contribution < -0.4 is 10.6 Å². The fourth-order valence-electron chi connectivity index (χ4n) is 2.88. The number of carbonyl (C=O) groups excluding carboxylic acids is 2. The average Bonchev–Trinajstić information content (AvgIpc) is 3.08. The van der Waals surface area contributed by atoms with Crippen LogP contribution in [0, 0.1) is 6.92 Å². The van der Waals surface area contributed by atoms with Crippen LogP contribution in [0.15, 0.2) is 53.7 Å². The summed E-state index contributed by atoms with van der Waals surface area (Å²) in [6, 6.07) is 15.4. The molecule has 0 bridgehead atoms. The van der Waals surface area contributed by atoms with Crippen LogP contribution in [-0.2, 0) is 29.5 Å². The second-order valence-corrected chi connectivity index (χ2v) is 7.84. The van der Waals surface area contributed by atoms with Crippen LogP contribution in [0.4, 0.5) is 11.4 Å². The van der Waals surface area contributed by atoms with Crippen LogP contribution in [-0.4, -0.2) is 32.3 Å². The van der Waals surface area contributed by atoms with Crippen molar-refractivity contribution in [2.24, 2.45) is 7.05 Å². The fraction of sp³-hybridized carbons (Fsp3) is 0.273. The summed E-state index contributed by atoms with van der Waals surface area (Å²) in [4.78, 5) is 24.6. The molecule has 2 aromatic carbocycles. The predicted molar refractivity (Wildman–Crippen MR) is 120 cm³/mol. The Morgan fingerprint density at radius 1 is 1.00 bits per heavy atom. The number of hydrogen-bond acceptors (Lipinski definition) is 5. The summed E-state index contributed by atoms with van der Waals surface area (Å²) in [6.07, 6.45) is 0.948. The molecule has 0 atom stereocenters. The molecule has 2 N–H and O–H groups in total. The highest BCUT2D eigenvalue weighted by atomic mass is 32.2. The van der Waals surface area contributed by atoms with Crippen LogP contribution in [0.1, 0.15) is 23.9 Å². The third-order valence-electron chi connectivity index (χ3n) is 4.58. The second kappa shape index (κ2) is 10.1. The van der Waals surface area contributed by atoms with Crippen molar-refractivity contribution >= 4 is 35.0 Å². The maximum atomic E-state index is 12.4. The number of hydrogen-bond donors (Lipinski definition) is 2. The minimum absolute atomic E-state index is 0.109. The van der Waals surface area contributed by atoms with Gasteiger partial charge in [-0.3, -0.25) is 9.59 Å². The number of anilines is 2. The van der Waals surface area contributed by atoms with E-state index in [2.05, 4.69) is 20.8 Å². The molecule has 2 amide bonds. The van der Waals surface area contributed by atoms with Crippen LogP contribution in [0.2, 0.25) is 0 Å². The lowest BCUT2D eigenvalue weighted by Crippen LogP contribution is -2.18. The Bertz CT molecular complexity index is 1030. The van der Waals surface area contributed by atoms with Crippen LogP contribution >= 0.6 is 11.8 Å². The number of nitrogens with zero attached hydrogens (tertiary/aromatic N) is 3. The first-order chi connectivity index (χ1) is 14.5. The Morgan fingerprint density at radius 3 is 2.47 bits per heavy atom. The molecule has 0 unspecified atom stereocenters. The number of para-hydroxylation sites is 1. The molecule has 1 aromatic heterocycles. The number of nitrogens with one attached hydrogen (secondary N) is 2. The van der Waals surface area contributed by atoms with Gasteiger partial charge < -0.3 is 15.2 Å². The number of aromatic nitrogens is 3. The normalized spacial score (nSPS) is 10.6. The molecule has 0 fully saturated rings. The molecule has 0 aliphatic heterocycles. The van der Waals surface area contributed by atoms with Gasteiger partial charge in [0.2, 0.25) is 11.8 Å². The zero-order valence-corrected chi connectivity index (χ0v) is 18.1. The van der Waals surface area contributed by atoms with Gasteiger partial charge in [-0.2, -0.15) is 0 Å². The molecular weight excluding hydrogens is 398 g/mol. The van der Waals surface area contributed by atoms with Crippen LogP contribution in [0.5, 0.6) is 0 Å². The predicted octanol–water partition coefficient (Wildman–Crippen LogP) is 3.60. The topological polar surface area (TPSA) is 88.9 Å². The Hall–Kier alpha value is -3.13. The Kier molecular flexibility index (Phi) is 7.24. The maximum Gasteiger partial charge on any atom is 0.234 e. The molecule has 0 aliphatic carbocycles. The zero-order chi connectivity index (χ0) is 21.5. The summed E-state index contributed by atoms with van der Waals surface area (Å²) >= 11 is 1.28. The maximum absolute atomic E-state index is 12.4. The van der Waals surface area contributed by atoms with Gasteiger partial charge in [-0.05, 0) is 37.1 Å². The average molecular weight is 424 g/mol. The molecule has 3 rings (SSSR count). The first-order valence-corrected chi connectivity index (χ1v) is 10.7. The molecule has 156 valence electrons. The first-order valence-electron chi connectivity index (χ1n) is 9.71. The number of benzene rings is 2. The van der Waals surface area contributed by atoms with Gasteiger partial charge in [0.25, 0.3) is 0 Å². The van der Waals surface area contributed by atoms with Crippen molar-refractivity contribution < 1.29 is 9.59 Å². The van der Waals surface area contributed by atoms with Gasteiger partial charge in [0.05, 0.1) is 12.2 Å². The van der Waals surface area contributed by atoms with E-state index in [0.29, 0.717) is 11.0 Å². The lowest BCUT2D eigenvalue weighted by molar-refractivity contribution is -0.116. The molecular formula is C22H25N5O2S. The summed E-state index contributed by atoms with van der Waals surface area (Å²) in [5, 5.41) is 14.6. The molecule has 0 spiro atoms. The summed E-state index contributed by atoms with van der Waals surface area (Å²) < 4.78 is 1.75. The molecule has 0 aliphatic rings. The summed E-state index contributed by atoms with van der Waals surface area (Å²) in [5.41, 5.74) is 3.79. The summed E-state index contributed by atoms with van der Waals surface area (Å²) in [5.74, 6) is 0.473. The number of rotatable bonds is 8. The Labute approximate surface area is 180 Å². The SMILES string of the molecule is CCc1ccccc1NC(=O)Cc1nnc(SCC(=O)Nc2ccc(C)cc2)n1C. The van der Waals surface area contributed by atoms with E-state index in [-0.39, 0.29) is 24.0 Å². The molecule has 7 nitrogen and oxygen atoms in total. The van der Waals surface area contributed by atoms with E-state index in [4.69, 9.17) is 0 Å². The van der Waals surface area contributed by atoms with Crippen LogP contribution in [0.3, 0.4) is 0 Å². The van der Waals surface area contributed by atoms with E-state index in [1.165, 1.54) is 11.8 Å². The molecule has 0 radical (unpaired) electrons. The van der Waals surface area contributed by atoms with Gasteiger partial charge in [0, 0.05) is 18.4 Å². The van der Waals surface area contributed by atoms with Gasteiger partial charge in [-0.25, -0.2) is 0 Å². The highest BCUT2D eigenvalue weighted by Gasteiger charge is 2.15. The van der Waals surface area contributed by atoms with Gasteiger partial charge in [0.1, 0.15) is 5.82 Å². The number of aryl methyl sites for hydroxylation is 2. The minimum atomic E-state index is -0.153. The van der Waals surface area contributed by atoms with E-state index >= 15 is 0 Å². The lowest BCUT2D eigenvalue weighted by atomic mass is 10.1. The van der Waals surface area contributed by atoms with E-state index in [1.54, 1.807) is 11.6 Å². The molecule has 1 heterocycles. The van der Waals surface area contributed by atoms with Crippen molar-refractivity contribution in [2.75, 3.05) is 16.4 Å². The van der Waals surface area contributed by atoms with Gasteiger partial charge in [0.15, 0.2) is 5.16 Å². The van der Waals surface area contributed by atoms with Crippen molar-refractivity contribution in [3.05, 3.63) is 65.5 Å². The van der Waals surface area contributed by atoms with Crippen molar-refractivity contribution in [3.8, 4) is 0 Å². The number of carbonyl (C=O) groups is 2. The van der Waals surface area contributed by atoms with E-state index in [0.717, 1.165) is 28.9 Å².